The zero-order chi connectivity index (χ0) is 14.0. The second-order valence-corrected chi connectivity index (χ2v) is 5.24. The minimum atomic E-state index is -0.742. The highest BCUT2D eigenvalue weighted by molar-refractivity contribution is 5.93. The minimum absolute atomic E-state index is 0.247. The Kier molecular flexibility index (Phi) is 4.14. The van der Waals surface area contributed by atoms with Gasteiger partial charge in [-0.2, -0.15) is 0 Å². The Morgan fingerprint density at radius 3 is 2.79 bits per heavy atom. The molecule has 2 N–H and O–H groups in total. The van der Waals surface area contributed by atoms with Crippen molar-refractivity contribution < 1.29 is 13.6 Å². The Morgan fingerprint density at radius 1 is 1.37 bits per heavy atom. The van der Waals surface area contributed by atoms with Crippen LogP contribution >= 0.6 is 0 Å². The maximum absolute atomic E-state index is 13.8. The number of aryl methyl sites for hydroxylation is 1. The predicted molar refractivity (Wildman–Crippen MR) is 69.9 cm³/mol. The number of hydrogen-bond acceptors (Lipinski definition) is 2. The number of halogens is 2. The number of benzene rings is 1. The van der Waals surface area contributed by atoms with E-state index in [9.17, 15) is 13.6 Å². The van der Waals surface area contributed by atoms with Gasteiger partial charge in [0.1, 0.15) is 11.5 Å². The van der Waals surface area contributed by atoms with Gasteiger partial charge in [-0.1, -0.05) is 13.0 Å². The molecule has 1 aliphatic heterocycles. The summed E-state index contributed by atoms with van der Waals surface area (Å²) in [6.07, 6.45) is 0.730. The van der Waals surface area contributed by atoms with Gasteiger partial charge in [-0.15, -0.1) is 0 Å². The fourth-order valence-electron chi connectivity index (χ4n) is 2.35. The van der Waals surface area contributed by atoms with Crippen molar-refractivity contribution in [2.45, 2.75) is 20.3 Å². The summed E-state index contributed by atoms with van der Waals surface area (Å²) in [6.45, 7) is 5.00. The number of amides is 1. The molecule has 1 saturated heterocycles. The largest absolute Gasteiger partial charge is 0.321 e. The molecule has 0 radical (unpaired) electrons. The van der Waals surface area contributed by atoms with Crippen molar-refractivity contribution in [3.63, 3.8) is 0 Å². The highest BCUT2D eigenvalue weighted by Crippen LogP contribution is 2.24. The zero-order valence-electron chi connectivity index (χ0n) is 11.1. The number of anilines is 1. The molecule has 1 amide bonds. The van der Waals surface area contributed by atoms with Crippen molar-refractivity contribution in [1.82, 2.24) is 5.32 Å². The summed E-state index contributed by atoms with van der Waals surface area (Å²) in [7, 11) is 0. The van der Waals surface area contributed by atoms with E-state index in [2.05, 4.69) is 10.6 Å². The monoisotopic (exact) mass is 268 g/mol. The van der Waals surface area contributed by atoms with E-state index in [1.54, 1.807) is 0 Å². The number of piperidine rings is 1. The lowest BCUT2D eigenvalue weighted by atomic mass is 9.91. The molecule has 0 aliphatic carbocycles. The van der Waals surface area contributed by atoms with E-state index in [0.29, 0.717) is 18.0 Å². The molecule has 19 heavy (non-hydrogen) atoms. The third-order valence-electron chi connectivity index (χ3n) is 3.47. The standard InChI is InChI=1S/C14H18F2N2O/c1-8-5-10(7-17-6-8)14(19)18-13-11(15)4-3-9(2)12(13)16/h3-4,8,10,17H,5-7H2,1-2H3,(H,18,19). The Hall–Kier alpha value is -1.49. The molecular formula is C14H18F2N2O. The summed E-state index contributed by atoms with van der Waals surface area (Å²) in [5.74, 6) is -1.64. The van der Waals surface area contributed by atoms with Crippen molar-refractivity contribution in [3.8, 4) is 0 Å². The fourth-order valence-corrected chi connectivity index (χ4v) is 2.35. The van der Waals surface area contributed by atoms with Gasteiger partial charge in [-0.05, 0) is 37.4 Å². The quantitative estimate of drug-likeness (QED) is 0.865. The first-order chi connectivity index (χ1) is 8.99. The van der Waals surface area contributed by atoms with Crippen molar-refractivity contribution in [3.05, 3.63) is 29.3 Å². The Labute approximate surface area is 111 Å². The average molecular weight is 268 g/mol. The van der Waals surface area contributed by atoms with E-state index < -0.39 is 11.6 Å². The maximum Gasteiger partial charge on any atom is 0.228 e. The number of rotatable bonds is 2. The molecule has 1 aliphatic rings. The smallest absolute Gasteiger partial charge is 0.228 e. The van der Waals surface area contributed by atoms with Crippen molar-refractivity contribution in [1.29, 1.82) is 0 Å². The molecule has 2 atom stereocenters. The van der Waals surface area contributed by atoms with Gasteiger partial charge in [0, 0.05) is 6.54 Å². The van der Waals surface area contributed by atoms with Crippen LogP contribution in [-0.4, -0.2) is 19.0 Å². The first-order valence-electron chi connectivity index (χ1n) is 6.45. The van der Waals surface area contributed by atoms with Crippen LogP contribution in [0.3, 0.4) is 0 Å². The molecule has 104 valence electrons. The summed E-state index contributed by atoms with van der Waals surface area (Å²) >= 11 is 0. The average Bonchev–Trinajstić information content (AvgIpc) is 2.39. The van der Waals surface area contributed by atoms with E-state index in [1.807, 2.05) is 6.92 Å². The van der Waals surface area contributed by atoms with Crippen molar-refractivity contribution in [2.24, 2.45) is 11.8 Å². The third kappa shape index (κ3) is 3.10. The molecule has 2 unspecified atom stereocenters. The highest BCUT2D eigenvalue weighted by Gasteiger charge is 2.26. The van der Waals surface area contributed by atoms with Crippen LogP contribution in [0.15, 0.2) is 12.1 Å². The van der Waals surface area contributed by atoms with Crippen LogP contribution in [0, 0.1) is 30.4 Å². The molecule has 0 aromatic heterocycles. The van der Waals surface area contributed by atoms with Crippen LogP contribution < -0.4 is 10.6 Å². The van der Waals surface area contributed by atoms with Gasteiger partial charge in [0.15, 0.2) is 5.82 Å². The van der Waals surface area contributed by atoms with E-state index in [0.717, 1.165) is 19.0 Å². The zero-order valence-corrected chi connectivity index (χ0v) is 11.1. The third-order valence-corrected chi connectivity index (χ3v) is 3.47. The SMILES string of the molecule is Cc1ccc(F)c(NC(=O)C2CNCC(C)C2)c1F. The summed E-state index contributed by atoms with van der Waals surface area (Å²) in [5, 5.41) is 5.52. The first kappa shape index (κ1) is 13.9. The van der Waals surface area contributed by atoms with Gasteiger partial charge in [0.2, 0.25) is 5.91 Å². The minimum Gasteiger partial charge on any atom is -0.321 e. The number of nitrogens with one attached hydrogen (secondary N) is 2. The van der Waals surface area contributed by atoms with Crippen molar-refractivity contribution >= 4 is 11.6 Å². The summed E-state index contributed by atoms with van der Waals surface area (Å²) in [6, 6.07) is 2.51. The summed E-state index contributed by atoms with van der Waals surface area (Å²) < 4.78 is 27.4. The van der Waals surface area contributed by atoms with Gasteiger partial charge >= 0.3 is 0 Å². The lowest BCUT2D eigenvalue weighted by Gasteiger charge is -2.27. The summed E-state index contributed by atoms with van der Waals surface area (Å²) in [4.78, 5) is 12.0. The Balaban J connectivity index is 2.13. The molecule has 0 spiro atoms. The molecule has 5 heteroatoms. The van der Waals surface area contributed by atoms with E-state index >= 15 is 0 Å². The molecule has 1 heterocycles. The van der Waals surface area contributed by atoms with Gasteiger partial charge in [0.05, 0.1) is 5.92 Å². The molecule has 1 fully saturated rings. The van der Waals surface area contributed by atoms with E-state index in [1.165, 1.54) is 13.0 Å². The summed E-state index contributed by atoms with van der Waals surface area (Å²) in [5.41, 5.74) is -0.0323. The van der Waals surface area contributed by atoms with Gasteiger partial charge in [-0.25, -0.2) is 8.78 Å². The number of hydrogen-bond donors (Lipinski definition) is 2. The van der Waals surface area contributed by atoms with Crippen LogP contribution in [0.25, 0.3) is 0 Å². The molecule has 2 rings (SSSR count). The van der Waals surface area contributed by atoms with Gasteiger partial charge < -0.3 is 10.6 Å². The molecular weight excluding hydrogens is 250 g/mol. The number of carbonyl (C=O) groups excluding carboxylic acids is 1. The van der Waals surface area contributed by atoms with E-state index in [-0.39, 0.29) is 17.5 Å². The molecule has 3 nitrogen and oxygen atoms in total. The molecule has 1 aromatic rings. The maximum atomic E-state index is 13.8. The lowest BCUT2D eigenvalue weighted by molar-refractivity contribution is -0.120. The predicted octanol–water partition coefficient (Wildman–Crippen LogP) is 2.46. The van der Waals surface area contributed by atoms with Gasteiger partial charge in [-0.3, -0.25) is 4.79 Å². The molecule has 0 bridgehead atoms. The second-order valence-electron chi connectivity index (χ2n) is 5.24. The topological polar surface area (TPSA) is 41.1 Å². The number of carbonyl (C=O) groups is 1. The van der Waals surface area contributed by atoms with E-state index in [4.69, 9.17) is 0 Å². The lowest BCUT2D eigenvalue weighted by Crippen LogP contribution is -2.41. The highest BCUT2D eigenvalue weighted by atomic mass is 19.1. The van der Waals surface area contributed by atoms with Crippen molar-refractivity contribution in [2.75, 3.05) is 18.4 Å². The Bertz CT molecular complexity index is 491. The molecule has 1 aromatic carbocycles. The van der Waals surface area contributed by atoms with Crippen LogP contribution in [-0.2, 0) is 4.79 Å². The first-order valence-corrected chi connectivity index (χ1v) is 6.45. The second kappa shape index (κ2) is 5.65. The van der Waals surface area contributed by atoms with Crippen LogP contribution in [0.2, 0.25) is 0 Å². The Morgan fingerprint density at radius 2 is 2.11 bits per heavy atom. The fraction of sp³-hybridized carbons (Fsp3) is 0.500. The normalized spacial score (nSPS) is 23.2. The van der Waals surface area contributed by atoms with Crippen LogP contribution in [0.4, 0.5) is 14.5 Å². The van der Waals surface area contributed by atoms with Crippen LogP contribution in [0.5, 0.6) is 0 Å². The van der Waals surface area contributed by atoms with Gasteiger partial charge in [0.25, 0.3) is 0 Å². The van der Waals surface area contributed by atoms with Crippen LogP contribution in [0.1, 0.15) is 18.9 Å². The molecule has 0 saturated carbocycles.